The van der Waals surface area contributed by atoms with Crippen LogP contribution in [0.3, 0.4) is 0 Å². The lowest BCUT2D eigenvalue weighted by molar-refractivity contribution is 0.202. The topological polar surface area (TPSA) is 38.7 Å². The Bertz CT molecular complexity index is 437. The molecule has 0 saturated heterocycles. The van der Waals surface area contributed by atoms with Crippen LogP contribution in [0.5, 0.6) is 11.5 Å². The molecular weight excluding hydrogens is 228 g/mol. The van der Waals surface area contributed by atoms with E-state index in [4.69, 9.17) is 9.47 Å². The highest BCUT2D eigenvalue weighted by atomic mass is 16.5. The average molecular weight is 248 g/mol. The van der Waals surface area contributed by atoms with Crippen molar-refractivity contribution >= 4 is 0 Å². The first-order valence-electron chi connectivity index (χ1n) is 6.35. The van der Waals surface area contributed by atoms with E-state index < -0.39 is 6.10 Å². The maximum atomic E-state index is 10.5. The molecule has 0 saturated carbocycles. The van der Waals surface area contributed by atoms with Crippen molar-refractivity contribution < 1.29 is 14.6 Å². The Hall–Kier alpha value is -1.48. The molecule has 0 fully saturated rings. The minimum absolute atomic E-state index is 0.588. The first-order chi connectivity index (χ1) is 8.76. The van der Waals surface area contributed by atoms with Gasteiger partial charge in [-0.3, -0.25) is 0 Å². The fourth-order valence-electron chi connectivity index (χ4n) is 2.36. The summed E-state index contributed by atoms with van der Waals surface area (Å²) in [7, 11) is 3.24. The minimum Gasteiger partial charge on any atom is -0.497 e. The number of hydrogen-bond acceptors (Lipinski definition) is 3. The van der Waals surface area contributed by atoms with E-state index in [0.29, 0.717) is 5.75 Å². The second kappa shape index (κ2) is 5.91. The van der Waals surface area contributed by atoms with Crippen LogP contribution in [-0.2, 0) is 0 Å². The quantitative estimate of drug-likeness (QED) is 0.831. The Morgan fingerprint density at radius 2 is 2.00 bits per heavy atom. The van der Waals surface area contributed by atoms with Crippen LogP contribution in [0.15, 0.2) is 29.8 Å². The third-order valence-corrected chi connectivity index (χ3v) is 3.41. The van der Waals surface area contributed by atoms with E-state index in [1.165, 1.54) is 6.42 Å². The number of aliphatic hydroxyl groups is 1. The number of ether oxygens (including phenoxy) is 2. The van der Waals surface area contributed by atoms with Crippen LogP contribution in [-0.4, -0.2) is 19.3 Å². The Kier molecular flexibility index (Phi) is 4.26. The lowest BCUT2D eigenvalue weighted by atomic mass is 9.91. The Morgan fingerprint density at radius 3 is 2.61 bits per heavy atom. The lowest BCUT2D eigenvalue weighted by Gasteiger charge is -2.21. The normalized spacial score (nSPS) is 16.9. The summed E-state index contributed by atoms with van der Waals surface area (Å²) in [4.78, 5) is 0. The number of methoxy groups -OCH3 is 2. The molecule has 0 aliphatic heterocycles. The SMILES string of the molecule is COc1ccc(OC)c(C(O)C2=CCCCC2)c1. The zero-order chi connectivity index (χ0) is 13.0. The third-order valence-electron chi connectivity index (χ3n) is 3.41. The van der Waals surface area contributed by atoms with Crippen LogP contribution in [0.1, 0.15) is 37.4 Å². The highest BCUT2D eigenvalue weighted by Gasteiger charge is 2.19. The van der Waals surface area contributed by atoms with Gasteiger partial charge < -0.3 is 14.6 Å². The highest BCUT2D eigenvalue weighted by Crippen LogP contribution is 2.36. The molecule has 1 atom stereocenters. The van der Waals surface area contributed by atoms with Crippen LogP contribution in [0, 0.1) is 0 Å². The Labute approximate surface area is 108 Å². The smallest absolute Gasteiger partial charge is 0.125 e. The molecular formula is C15H20O3. The van der Waals surface area contributed by atoms with Gasteiger partial charge in [0, 0.05) is 5.56 Å². The fourth-order valence-corrected chi connectivity index (χ4v) is 2.36. The highest BCUT2D eigenvalue weighted by molar-refractivity contribution is 5.44. The molecule has 18 heavy (non-hydrogen) atoms. The summed E-state index contributed by atoms with van der Waals surface area (Å²) in [6.07, 6.45) is 5.93. The molecule has 1 aliphatic carbocycles. The van der Waals surface area contributed by atoms with Gasteiger partial charge in [0.15, 0.2) is 0 Å². The number of hydrogen-bond donors (Lipinski definition) is 1. The maximum Gasteiger partial charge on any atom is 0.125 e. The largest absolute Gasteiger partial charge is 0.497 e. The first kappa shape index (κ1) is 13.0. The molecule has 3 heteroatoms. The average Bonchev–Trinajstić information content (AvgIpc) is 2.46. The molecule has 0 heterocycles. The van der Waals surface area contributed by atoms with Gasteiger partial charge in [-0.05, 0) is 49.5 Å². The summed E-state index contributed by atoms with van der Waals surface area (Å²) in [5.74, 6) is 1.44. The number of aliphatic hydroxyl groups excluding tert-OH is 1. The van der Waals surface area contributed by atoms with Gasteiger partial charge in [0.2, 0.25) is 0 Å². The van der Waals surface area contributed by atoms with Crippen LogP contribution in [0.25, 0.3) is 0 Å². The summed E-state index contributed by atoms with van der Waals surface area (Å²) in [6, 6.07) is 5.52. The third kappa shape index (κ3) is 2.67. The van der Waals surface area contributed by atoms with Crippen LogP contribution < -0.4 is 9.47 Å². The standard InChI is InChI=1S/C15H20O3/c1-17-12-8-9-14(18-2)13(10-12)15(16)11-6-4-3-5-7-11/h6,8-10,15-16H,3-5,7H2,1-2H3. The van der Waals surface area contributed by atoms with Crippen LogP contribution in [0.4, 0.5) is 0 Å². The Morgan fingerprint density at radius 1 is 1.17 bits per heavy atom. The van der Waals surface area contributed by atoms with E-state index in [0.717, 1.165) is 36.1 Å². The molecule has 1 N–H and O–H groups in total. The lowest BCUT2D eigenvalue weighted by Crippen LogP contribution is -2.06. The van der Waals surface area contributed by atoms with Crippen molar-refractivity contribution in [3.05, 3.63) is 35.4 Å². The van der Waals surface area contributed by atoms with Gasteiger partial charge in [-0.15, -0.1) is 0 Å². The fraction of sp³-hybridized carbons (Fsp3) is 0.467. The van der Waals surface area contributed by atoms with Gasteiger partial charge in [0.1, 0.15) is 17.6 Å². The molecule has 1 aliphatic rings. The van der Waals surface area contributed by atoms with Crippen molar-refractivity contribution in [2.45, 2.75) is 31.8 Å². The Balaban J connectivity index is 2.32. The van der Waals surface area contributed by atoms with Crippen molar-refractivity contribution in [1.82, 2.24) is 0 Å². The predicted molar refractivity (Wildman–Crippen MR) is 71.1 cm³/mol. The van der Waals surface area contributed by atoms with Crippen LogP contribution in [0.2, 0.25) is 0 Å². The molecule has 0 spiro atoms. The molecule has 2 rings (SSSR count). The van der Waals surface area contributed by atoms with Crippen molar-refractivity contribution in [1.29, 1.82) is 0 Å². The summed E-state index contributed by atoms with van der Waals surface area (Å²) in [5.41, 5.74) is 1.87. The summed E-state index contributed by atoms with van der Waals surface area (Å²) in [6.45, 7) is 0. The van der Waals surface area contributed by atoms with Gasteiger partial charge in [0.25, 0.3) is 0 Å². The van der Waals surface area contributed by atoms with E-state index in [1.807, 2.05) is 18.2 Å². The van der Waals surface area contributed by atoms with Crippen molar-refractivity contribution in [2.24, 2.45) is 0 Å². The van der Waals surface area contributed by atoms with Gasteiger partial charge in [-0.2, -0.15) is 0 Å². The van der Waals surface area contributed by atoms with E-state index in [-0.39, 0.29) is 0 Å². The van der Waals surface area contributed by atoms with Crippen molar-refractivity contribution in [2.75, 3.05) is 14.2 Å². The number of rotatable bonds is 4. The van der Waals surface area contributed by atoms with Gasteiger partial charge >= 0.3 is 0 Å². The zero-order valence-electron chi connectivity index (χ0n) is 11.0. The zero-order valence-corrected chi connectivity index (χ0v) is 11.0. The monoisotopic (exact) mass is 248 g/mol. The van der Waals surface area contributed by atoms with E-state index >= 15 is 0 Å². The first-order valence-corrected chi connectivity index (χ1v) is 6.35. The molecule has 1 aromatic rings. The predicted octanol–water partition coefficient (Wildman–Crippen LogP) is 3.24. The second-order valence-corrected chi connectivity index (χ2v) is 4.54. The molecule has 0 bridgehead atoms. The van der Waals surface area contributed by atoms with E-state index in [9.17, 15) is 5.11 Å². The molecule has 0 radical (unpaired) electrons. The molecule has 0 aromatic heterocycles. The van der Waals surface area contributed by atoms with E-state index in [1.54, 1.807) is 14.2 Å². The maximum absolute atomic E-state index is 10.5. The van der Waals surface area contributed by atoms with Crippen LogP contribution >= 0.6 is 0 Å². The number of allylic oxidation sites excluding steroid dienone is 1. The molecule has 1 aromatic carbocycles. The van der Waals surface area contributed by atoms with Gasteiger partial charge in [-0.25, -0.2) is 0 Å². The van der Waals surface area contributed by atoms with Gasteiger partial charge in [-0.1, -0.05) is 6.08 Å². The summed E-state index contributed by atoms with van der Waals surface area (Å²) >= 11 is 0. The second-order valence-electron chi connectivity index (χ2n) is 4.54. The van der Waals surface area contributed by atoms with Gasteiger partial charge in [0.05, 0.1) is 14.2 Å². The molecule has 0 amide bonds. The minimum atomic E-state index is -0.588. The van der Waals surface area contributed by atoms with Crippen molar-refractivity contribution in [3.63, 3.8) is 0 Å². The number of benzene rings is 1. The molecule has 98 valence electrons. The summed E-state index contributed by atoms with van der Waals surface area (Å²) in [5, 5.41) is 10.5. The molecule has 3 nitrogen and oxygen atoms in total. The molecule has 1 unspecified atom stereocenters. The van der Waals surface area contributed by atoms with Crippen molar-refractivity contribution in [3.8, 4) is 11.5 Å². The summed E-state index contributed by atoms with van der Waals surface area (Å²) < 4.78 is 10.5. The van der Waals surface area contributed by atoms with E-state index in [2.05, 4.69) is 6.08 Å².